The Bertz CT molecular complexity index is 328. The van der Waals surface area contributed by atoms with E-state index in [0.717, 1.165) is 6.42 Å². The molecule has 1 aliphatic heterocycles. The van der Waals surface area contributed by atoms with E-state index in [9.17, 15) is 9.59 Å². The van der Waals surface area contributed by atoms with Gasteiger partial charge in [0.15, 0.2) is 0 Å². The number of rotatable bonds is 5. The third-order valence-corrected chi connectivity index (χ3v) is 3.79. The average Bonchev–Trinajstić information content (AvgIpc) is 2.26. The van der Waals surface area contributed by atoms with E-state index in [1.807, 2.05) is 4.90 Å². The number of nitrogens with zero attached hydrogens (tertiary/aromatic N) is 1. The van der Waals surface area contributed by atoms with Gasteiger partial charge >= 0.3 is 5.97 Å². The lowest BCUT2D eigenvalue weighted by Crippen LogP contribution is -2.41. The van der Waals surface area contributed by atoms with Crippen molar-refractivity contribution < 1.29 is 14.7 Å². The molecule has 1 saturated heterocycles. The summed E-state index contributed by atoms with van der Waals surface area (Å²) >= 11 is 0. The van der Waals surface area contributed by atoms with E-state index < -0.39 is 5.97 Å². The molecule has 19 heavy (non-hydrogen) atoms. The van der Waals surface area contributed by atoms with Crippen LogP contribution in [0.2, 0.25) is 0 Å². The first-order valence-corrected chi connectivity index (χ1v) is 7.22. The largest absolute Gasteiger partial charge is 0.481 e. The second-order valence-electron chi connectivity index (χ2n) is 6.93. The van der Waals surface area contributed by atoms with E-state index in [4.69, 9.17) is 5.11 Å². The van der Waals surface area contributed by atoms with Crippen LogP contribution >= 0.6 is 0 Å². The van der Waals surface area contributed by atoms with Crippen LogP contribution in [0, 0.1) is 17.3 Å². The fourth-order valence-corrected chi connectivity index (χ4v) is 3.07. The van der Waals surface area contributed by atoms with Crippen molar-refractivity contribution in [2.45, 2.75) is 53.4 Å². The van der Waals surface area contributed by atoms with Crippen LogP contribution in [0.1, 0.15) is 53.4 Å². The summed E-state index contributed by atoms with van der Waals surface area (Å²) in [4.78, 5) is 25.0. The summed E-state index contributed by atoms with van der Waals surface area (Å²) in [6.45, 7) is 9.79. The van der Waals surface area contributed by atoms with Gasteiger partial charge in [0.25, 0.3) is 0 Å². The van der Waals surface area contributed by atoms with Crippen molar-refractivity contribution in [3.05, 3.63) is 0 Å². The summed E-state index contributed by atoms with van der Waals surface area (Å²) in [5.74, 6) is -0.241. The van der Waals surface area contributed by atoms with Gasteiger partial charge in [-0.3, -0.25) is 9.59 Å². The Labute approximate surface area is 116 Å². The Hall–Kier alpha value is -1.06. The highest BCUT2D eigenvalue weighted by molar-refractivity contribution is 5.77. The monoisotopic (exact) mass is 269 g/mol. The summed E-state index contributed by atoms with van der Waals surface area (Å²) in [5, 5.41) is 8.95. The van der Waals surface area contributed by atoms with Crippen molar-refractivity contribution in [1.29, 1.82) is 0 Å². The number of hydrogen-bond acceptors (Lipinski definition) is 2. The summed E-state index contributed by atoms with van der Waals surface area (Å²) < 4.78 is 0. The van der Waals surface area contributed by atoms with Crippen molar-refractivity contribution in [2.24, 2.45) is 17.3 Å². The molecular formula is C15H27NO3. The number of carbonyl (C=O) groups is 2. The molecule has 1 fully saturated rings. The average molecular weight is 269 g/mol. The van der Waals surface area contributed by atoms with Gasteiger partial charge in [0, 0.05) is 19.5 Å². The molecule has 1 amide bonds. The van der Waals surface area contributed by atoms with Gasteiger partial charge in [0.05, 0.1) is 5.92 Å². The molecule has 4 nitrogen and oxygen atoms in total. The third-order valence-electron chi connectivity index (χ3n) is 3.79. The van der Waals surface area contributed by atoms with Crippen LogP contribution in [0.5, 0.6) is 0 Å². The van der Waals surface area contributed by atoms with E-state index >= 15 is 0 Å². The molecule has 0 aromatic carbocycles. The number of likely N-dealkylation sites (tertiary alicyclic amines) is 1. The number of carboxylic acids is 1. The van der Waals surface area contributed by atoms with Gasteiger partial charge in [-0.05, 0) is 30.6 Å². The molecule has 0 bridgehead atoms. The molecule has 1 aliphatic rings. The smallest absolute Gasteiger partial charge is 0.306 e. The summed E-state index contributed by atoms with van der Waals surface area (Å²) in [5.41, 5.74) is 0.0227. The van der Waals surface area contributed by atoms with E-state index in [-0.39, 0.29) is 17.2 Å². The molecule has 0 spiro atoms. The molecular weight excluding hydrogens is 242 g/mol. The van der Waals surface area contributed by atoms with Crippen molar-refractivity contribution in [3.63, 3.8) is 0 Å². The minimum atomic E-state index is -0.729. The lowest BCUT2D eigenvalue weighted by molar-refractivity contribution is -0.146. The number of aliphatic carboxylic acids is 1. The second kappa shape index (κ2) is 6.40. The van der Waals surface area contributed by atoms with Gasteiger partial charge < -0.3 is 10.0 Å². The Morgan fingerprint density at radius 2 is 1.79 bits per heavy atom. The normalized spacial score (nSPS) is 17.8. The van der Waals surface area contributed by atoms with Gasteiger partial charge in [-0.1, -0.05) is 27.7 Å². The minimum Gasteiger partial charge on any atom is -0.481 e. The molecule has 1 heterocycles. The standard InChI is InChI=1S/C15H27NO3/c1-11(2)9-15(3,4)10-13(17)16-7-5-12(6-8-16)14(18)19/h11-12H,5-10H2,1-4H3,(H,18,19). The Morgan fingerprint density at radius 1 is 1.26 bits per heavy atom. The molecule has 0 saturated carbocycles. The summed E-state index contributed by atoms with van der Waals surface area (Å²) in [7, 11) is 0. The lowest BCUT2D eigenvalue weighted by atomic mass is 9.80. The predicted octanol–water partition coefficient (Wildman–Crippen LogP) is 2.77. The van der Waals surface area contributed by atoms with Gasteiger partial charge in [0.2, 0.25) is 5.91 Å². The van der Waals surface area contributed by atoms with Crippen molar-refractivity contribution in [3.8, 4) is 0 Å². The highest BCUT2D eigenvalue weighted by atomic mass is 16.4. The molecule has 0 atom stereocenters. The molecule has 4 heteroatoms. The molecule has 0 unspecified atom stereocenters. The van der Waals surface area contributed by atoms with Gasteiger partial charge in [-0.2, -0.15) is 0 Å². The fourth-order valence-electron chi connectivity index (χ4n) is 3.07. The first kappa shape index (κ1) is 16.0. The maximum Gasteiger partial charge on any atom is 0.306 e. The molecule has 1 N–H and O–H groups in total. The van der Waals surface area contributed by atoms with Crippen LogP contribution in [0.25, 0.3) is 0 Å². The number of amides is 1. The molecule has 0 aromatic rings. The van der Waals surface area contributed by atoms with E-state index in [1.165, 1.54) is 0 Å². The van der Waals surface area contributed by atoms with Crippen LogP contribution < -0.4 is 0 Å². The Morgan fingerprint density at radius 3 is 2.21 bits per heavy atom. The number of carboxylic acid groups (broad SMARTS) is 1. The first-order valence-electron chi connectivity index (χ1n) is 7.22. The zero-order chi connectivity index (χ0) is 14.6. The second-order valence-corrected chi connectivity index (χ2v) is 6.93. The van der Waals surface area contributed by atoms with Crippen LogP contribution in [-0.4, -0.2) is 35.0 Å². The zero-order valence-corrected chi connectivity index (χ0v) is 12.6. The zero-order valence-electron chi connectivity index (χ0n) is 12.6. The Balaban J connectivity index is 2.45. The van der Waals surface area contributed by atoms with Gasteiger partial charge in [0.1, 0.15) is 0 Å². The molecule has 0 aliphatic carbocycles. The maximum absolute atomic E-state index is 12.3. The summed E-state index contributed by atoms with van der Waals surface area (Å²) in [6, 6.07) is 0. The molecule has 110 valence electrons. The Kier molecular flexibility index (Phi) is 5.39. The molecule has 0 radical (unpaired) electrons. The molecule has 1 rings (SSSR count). The van der Waals surface area contributed by atoms with E-state index in [2.05, 4.69) is 27.7 Å². The third kappa shape index (κ3) is 5.21. The van der Waals surface area contributed by atoms with Crippen molar-refractivity contribution in [2.75, 3.05) is 13.1 Å². The van der Waals surface area contributed by atoms with Gasteiger partial charge in [-0.25, -0.2) is 0 Å². The van der Waals surface area contributed by atoms with Crippen molar-refractivity contribution in [1.82, 2.24) is 4.90 Å². The highest BCUT2D eigenvalue weighted by Crippen LogP contribution is 2.30. The topological polar surface area (TPSA) is 57.6 Å². The van der Waals surface area contributed by atoms with E-state index in [0.29, 0.717) is 38.3 Å². The first-order chi connectivity index (χ1) is 8.71. The van der Waals surface area contributed by atoms with Crippen LogP contribution in [-0.2, 0) is 9.59 Å². The number of piperidine rings is 1. The number of carbonyl (C=O) groups excluding carboxylic acids is 1. The van der Waals surface area contributed by atoms with Crippen LogP contribution in [0.15, 0.2) is 0 Å². The SMILES string of the molecule is CC(C)CC(C)(C)CC(=O)N1CCC(C(=O)O)CC1. The highest BCUT2D eigenvalue weighted by Gasteiger charge is 2.30. The predicted molar refractivity (Wildman–Crippen MR) is 74.8 cm³/mol. The van der Waals surface area contributed by atoms with Crippen molar-refractivity contribution >= 4 is 11.9 Å². The van der Waals surface area contributed by atoms with E-state index in [1.54, 1.807) is 0 Å². The number of hydrogen-bond donors (Lipinski definition) is 1. The lowest BCUT2D eigenvalue weighted by Gasteiger charge is -2.33. The summed E-state index contributed by atoms with van der Waals surface area (Å²) in [6.07, 6.45) is 2.77. The quantitative estimate of drug-likeness (QED) is 0.835. The maximum atomic E-state index is 12.3. The minimum absolute atomic E-state index is 0.0227. The van der Waals surface area contributed by atoms with Gasteiger partial charge in [-0.15, -0.1) is 0 Å². The molecule has 0 aromatic heterocycles. The van der Waals surface area contributed by atoms with Crippen LogP contribution in [0.4, 0.5) is 0 Å². The fraction of sp³-hybridized carbons (Fsp3) is 0.867. The van der Waals surface area contributed by atoms with Crippen LogP contribution in [0.3, 0.4) is 0 Å².